The summed E-state index contributed by atoms with van der Waals surface area (Å²) in [6, 6.07) is 5.81. The van der Waals surface area contributed by atoms with Crippen LogP contribution in [0.1, 0.15) is 23.8 Å². The van der Waals surface area contributed by atoms with E-state index in [0.717, 1.165) is 16.1 Å². The second-order valence-corrected chi connectivity index (χ2v) is 7.52. The largest absolute Gasteiger partial charge is 0.440 e. The van der Waals surface area contributed by atoms with E-state index >= 15 is 0 Å². The lowest BCUT2D eigenvalue weighted by molar-refractivity contribution is -0.121. The van der Waals surface area contributed by atoms with Crippen LogP contribution in [0.3, 0.4) is 0 Å². The van der Waals surface area contributed by atoms with E-state index in [1.807, 2.05) is 41.3 Å². The van der Waals surface area contributed by atoms with Gasteiger partial charge < -0.3 is 14.2 Å². The summed E-state index contributed by atoms with van der Waals surface area (Å²) in [6.45, 7) is 2.17. The highest BCUT2D eigenvalue weighted by molar-refractivity contribution is 7.13. The quantitative estimate of drug-likeness (QED) is 0.502. The minimum absolute atomic E-state index is 0.106. The van der Waals surface area contributed by atoms with Crippen LogP contribution in [0.2, 0.25) is 0 Å². The van der Waals surface area contributed by atoms with Gasteiger partial charge in [-0.15, -0.1) is 21.5 Å². The highest BCUT2D eigenvalue weighted by atomic mass is 32.1. The Bertz CT molecular complexity index is 1020. The fraction of sp³-hybridized carbons (Fsp3) is 0.222. The zero-order chi connectivity index (χ0) is 18.6. The number of hydrogen-bond acceptors (Lipinski definition) is 8. The van der Waals surface area contributed by atoms with Gasteiger partial charge in [0.1, 0.15) is 11.5 Å². The van der Waals surface area contributed by atoms with Gasteiger partial charge in [-0.3, -0.25) is 4.79 Å². The van der Waals surface area contributed by atoms with Crippen molar-refractivity contribution in [3.8, 4) is 22.2 Å². The molecule has 4 heterocycles. The average Bonchev–Trinajstić information content (AvgIpc) is 3.45. The van der Waals surface area contributed by atoms with Crippen molar-refractivity contribution in [3.63, 3.8) is 0 Å². The predicted octanol–water partition coefficient (Wildman–Crippen LogP) is 4.07. The van der Waals surface area contributed by atoms with Crippen molar-refractivity contribution < 1.29 is 13.6 Å². The Hall–Kier alpha value is -2.78. The van der Waals surface area contributed by atoms with Gasteiger partial charge in [0.05, 0.1) is 11.4 Å². The minimum Gasteiger partial charge on any atom is -0.440 e. The van der Waals surface area contributed by atoms with Crippen molar-refractivity contribution >= 4 is 28.6 Å². The number of aromatic nitrogens is 3. The number of amides is 1. The van der Waals surface area contributed by atoms with Gasteiger partial charge in [0, 0.05) is 23.8 Å². The molecule has 1 N–H and O–H groups in total. The molecule has 27 heavy (non-hydrogen) atoms. The van der Waals surface area contributed by atoms with Crippen LogP contribution in [0.15, 0.2) is 43.2 Å². The van der Waals surface area contributed by atoms with Crippen molar-refractivity contribution in [1.29, 1.82) is 0 Å². The molecular weight excluding hydrogens is 384 g/mol. The molecule has 0 fully saturated rings. The predicted molar refractivity (Wildman–Crippen MR) is 102 cm³/mol. The smallest absolute Gasteiger partial charge is 0.248 e. The Morgan fingerprint density at radius 2 is 2.11 bits per heavy atom. The molecular formula is C18H16N4O3S2. The first kappa shape index (κ1) is 17.6. The number of nitrogens with zero attached hydrogens (tertiary/aromatic N) is 3. The van der Waals surface area contributed by atoms with Gasteiger partial charge in [-0.1, -0.05) is 6.07 Å². The summed E-state index contributed by atoms with van der Waals surface area (Å²) in [5.74, 6) is 2.11. The number of carbonyl (C=O) groups is 1. The molecule has 0 saturated carbocycles. The van der Waals surface area contributed by atoms with Gasteiger partial charge in [-0.25, -0.2) is 4.98 Å². The summed E-state index contributed by atoms with van der Waals surface area (Å²) in [7, 11) is 0. The molecule has 0 aromatic carbocycles. The third-order valence-electron chi connectivity index (χ3n) is 3.88. The molecule has 0 aliphatic carbocycles. The number of aryl methyl sites for hydroxylation is 2. The first-order valence-electron chi connectivity index (χ1n) is 8.31. The maximum Gasteiger partial charge on any atom is 0.248 e. The lowest BCUT2D eigenvalue weighted by Crippen LogP contribution is -2.23. The Balaban J connectivity index is 1.29. The van der Waals surface area contributed by atoms with E-state index in [9.17, 15) is 4.79 Å². The first-order chi connectivity index (χ1) is 13.2. The third kappa shape index (κ3) is 4.15. The fourth-order valence-corrected chi connectivity index (χ4v) is 3.73. The number of nitrogens with one attached hydrogen (secondary N) is 1. The fourth-order valence-electron chi connectivity index (χ4n) is 2.45. The maximum atomic E-state index is 12.1. The Kier molecular flexibility index (Phi) is 5.12. The Morgan fingerprint density at radius 1 is 1.19 bits per heavy atom. The highest BCUT2D eigenvalue weighted by Gasteiger charge is 2.14. The molecule has 0 saturated heterocycles. The van der Waals surface area contributed by atoms with Gasteiger partial charge in [0.15, 0.2) is 0 Å². The second-order valence-electron chi connectivity index (χ2n) is 5.79. The van der Waals surface area contributed by atoms with Crippen LogP contribution in [0.4, 0.5) is 0 Å². The van der Waals surface area contributed by atoms with E-state index in [4.69, 9.17) is 8.83 Å². The molecule has 4 aromatic heterocycles. The monoisotopic (exact) mass is 400 g/mol. The lowest BCUT2D eigenvalue weighted by Gasteiger charge is -2.02. The molecule has 138 valence electrons. The zero-order valence-corrected chi connectivity index (χ0v) is 16.1. The number of rotatable bonds is 7. The van der Waals surface area contributed by atoms with Crippen LogP contribution in [0, 0.1) is 6.92 Å². The average molecular weight is 400 g/mol. The Morgan fingerprint density at radius 3 is 2.89 bits per heavy atom. The second kappa shape index (κ2) is 7.85. The molecule has 7 nitrogen and oxygen atoms in total. The first-order valence-corrected chi connectivity index (χ1v) is 10.1. The summed E-state index contributed by atoms with van der Waals surface area (Å²) >= 11 is 3.13. The molecule has 0 spiro atoms. The number of hydrogen-bond donors (Lipinski definition) is 1. The molecule has 0 radical (unpaired) electrons. The number of thiophene rings is 2. The molecule has 0 unspecified atom stereocenters. The van der Waals surface area contributed by atoms with Gasteiger partial charge in [0.2, 0.25) is 23.6 Å². The molecule has 4 rings (SSSR count). The standard InChI is InChI=1S/C18H16N4O3S2/c1-11-13(20-18(24-11)14-3-2-7-27-14)9-19-15(23)4-5-16-21-22-17(25-16)12-6-8-26-10-12/h2-3,6-8,10H,4-5,9H2,1H3,(H,19,23). The van der Waals surface area contributed by atoms with E-state index in [1.54, 1.807) is 22.7 Å². The van der Waals surface area contributed by atoms with E-state index in [0.29, 0.717) is 36.4 Å². The molecule has 0 atom stereocenters. The normalized spacial score (nSPS) is 11.0. The van der Waals surface area contributed by atoms with Crippen LogP contribution >= 0.6 is 22.7 Å². The van der Waals surface area contributed by atoms with E-state index in [1.165, 1.54) is 0 Å². The van der Waals surface area contributed by atoms with Crippen molar-refractivity contribution in [3.05, 3.63) is 51.7 Å². The SMILES string of the molecule is Cc1oc(-c2cccs2)nc1CNC(=O)CCc1nnc(-c2ccsc2)o1. The number of oxazole rings is 1. The lowest BCUT2D eigenvalue weighted by atomic mass is 10.3. The molecule has 0 aliphatic heterocycles. The van der Waals surface area contributed by atoms with Gasteiger partial charge in [-0.05, 0) is 29.8 Å². The zero-order valence-electron chi connectivity index (χ0n) is 14.5. The summed E-state index contributed by atoms with van der Waals surface area (Å²) in [6.07, 6.45) is 0.654. The van der Waals surface area contributed by atoms with E-state index in [2.05, 4.69) is 20.5 Å². The van der Waals surface area contributed by atoms with Gasteiger partial charge in [-0.2, -0.15) is 11.3 Å². The van der Waals surface area contributed by atoms with Crippen molar-refractivity contribution in [1.82, 2.24) is 20.5 Å². The van der Waals surface area contributed by atoms with Crippen LogP contribution in [0.5, 0.6) is 0 Å². The molecule has 1 amide bonds. The van der Waals surface area contributed by atoms with Crippen molar-refractivity contribution in [2.75, 3.05) is 0 Å². The van der Waals surface area contributed by atoms with E-state index in [-0.39, 0.29) is 12.3 Å². The molecule has 4 aromatic rings. The maximum absolute atomic E-state index is 12.1. The summed E-state index contributed by atoms with van der Waals surface area (Å²) < 4.78 is 11.3. The van der Waals surface area contributed by atoms with Crippen LogP contribution in [0.25, 0.3) is 22.2 Å². The summed E-state index contributed by atoms with van der Waals surface area (Å²) in [5.41, 5.74) is 1.62. The minimum atomic E-state index is -0.106. The number of carbonyl (C=O) groups excluding carboxylic acids is 1. The topological polar surface area (TPSA) is 94.1 Å². The van der Waals surface area contributed by atoms with Gasteiger partial charge >= 0.3 is 0 Å². The summed E-state index contributed by atoms with van der Waals surface area (Å²) in [4.78, 5) is 17.5. The third-order valence-corrected chi connectivity index (χ3v) is 5.42. The van der Waals surface area contributed by atoms with Crippen molar-refractivity contribution in [2.24, 2.45) is 0 Å². The molecule has 0 aliphatic rings. The van der Waals surface area contributed by atoms with Crippen LogP contribution < -0.4 is 5.32 Å². The summed E-state index contributed by atoms with van der Waals surface area (Å²) in [5, 5.41) is 16.7. The van der Waals surface area contributed by atoms with Gasteiger partial charge in [0.25, 0.3) is 0 Å². The molecule has 9 heteroatoms. The highest BCUT2D eigenvalue weighted by Crippen LogP contribution is 2.26. The van der Waals surface area contributed by atoms with Crippen molar-refractivity contribution in [2.45, 2.75) is 26.3 Å². The van der Waals surface area contributed by atoms with E-state index < -0.39 is 0 Å². The van der Waals surface area contributed by atoms with Crippen LogP contribution in [-0.4, -0.2) is 21.1 Å². The van der Waals surface area contributed by atoms with Crippen LogP contribution in [-0.2, 0) is 17.8 Å². The molecule has 0 bridgehead atoms. The Labute approximate surface area is 163 Å².